The van der Waals surface area contributed by atoms with Gasteiger partial charge in [0.1, 0.15) is 17.3 Å². The van der Waals surface area contributed by atoms with Crippen LogP contribution in [0.1, 0.15) is 79.0 Å². The van der Waals surface area contributed by atoms with E-state index < -0.39 is 0 Å². The minimum atomic E-state index is -0.0376. The minimum Gasteiger partial charge on any atom is -0.456 e. The van der Waals surface area contributed by atoms with Gasteiger partial charge in [0.05, 0.1) is 39.6 Å². The van der Waals surface area contributed by atoms with Gasteiger partial charge in [0.2, 0.25) is 0 Å². The molecule has 0 saturated heterocycles. The molecule has 0 atom stereocenters. The monoisotopic (exact) mass is 773 g/mol. The highest BCUT2D eigenvalue weighted by molar-refractivity contribution is 6.09. The molecule has 6 heteroatoms. The summed E-state index contributed by atoms with van der Waals surface area (Å²) in [4.78, 5) is 9.57. The number of hydrogen-bond donors (Lipinski definition) is 0. The molecule has 4 aromatic heterocycles. The Hall–Kier alpha value is -6.53. The number of aromatic nitrogens is 5. The Bertz CT molecular complexity index is 2990. The van der Waals surface area contributed by atoms with Gasteiger partial charge in [-0.2, -0.15) is 0 Å². The lowest BCUT2D eigenvalue weighted by Crippen LogP contribution is -2.31. The number of nitrogens with zero attached hydrogens (tertiary/aromatic N) is 5. The van der Waals surface area contributed by atoms with Crippen molar-refractivity contribution in [3.05, 3.63) is 169 Å². The van der Waals surface area contributed by atoms with Crippen LogP contribution in [0.5, 0.6) is 11.5 Å². The molecule has 0 unspecified atom stereocenters. The maximum atomic E-state index is 6.67. The molecule has 0 saturated carbocycles. The van der Waals surface area contributed by atoms with Crippen LogP contribution in [0.3, 0.4) is 0 Å². The van der Waals surface area contributed by atoms with Crippen molar-refractivity contribution in [2.45, 2.75) is 78.6 Å². The number of benzene rings is 5. The summed E-state index contributed by atoms with van der Waals surface area (Å²) in [5, 5.41) is 2.31. The summed E-state index contributed by atoms with van der Waals surface area (Å²) in [7, 11) is 0. The first-order valence-corrected chi connectivity index (χ1v) is 20.5. The van der Waals surface area contributed by atoms with Gasteiger partial charge in [-0.05, 0) is 98.7 Å². The number of pyridine rings is 2. The van der Waals surface area contributed by atoms with Gasteiger partial charge in [0, 0.05) is 29.2 Å². The van der Waals surface area contributed by atoms with E-state index in [4.69, 9.17) is 14.7 Å². The van der Waals surface area contributed by atoms with E-state index in [9.17, 15) is 0 Å². The van der Waals surface area contributed by atoms with E-state index in [0.717, 1.165) is 50.2 Å². The molecular weight excluding hydrogens is 723 g/mol. The van der Waals surface area contributed by atoms with Gasteiger partial charge in [0.15, 0.2) is 0 Å². The van der Waals surface area contributed by atoms with Gasteiger partial charge in [-0.1, -0.05) is 129 Å². The number of para-hydroxylation sites is 1. The number of imidazole rings is 1. The summed E-state index contributed by atoms with van der Waals surface area (Å²) in [5.74, 6) is 2.22. The first-order chi connectivity index (χ1) is 28.1. The zero-order valence-corrected chi connectivity index (χ0v) is 35.5. The summed E-state index contributed by atoms with van der Waals surface area (Å²) in [6.07, 6.45) is 9.31. The third-order valence-corrected chi connectivity index (χ3v) is 11.4. The molecule has 9 rings (SSSR count). The van der Waals surface area contributed by atoms with E-state index in [1.54, 1.807) is 6.20 Å². The van der Waals surface area contributed by atoms with Gasteiger partial charge in [-0.15, -0.1) is 0 Å². The second kappa shape index (κ2) is 14.1. The smallest absolute Gasteiger partial charge is 0.269 e. The zero-order chi connectivity index (χ0) is 41.3. The highest BCUT2D eigenvalue weighted by atomic mass is 16.5. The Kier molecular flexibility index (Phi) is 9.08. The SMILES string of the molecule is CC(C)(C)c1cc(-[n+]2[c-]n(-c3cncc(Oc4ccc5c6ccccc6n(-c6cc(C(C)(C)C)ccn6)c5c4)c3)c3ccc(-c4ccccc4)cc32)cc(C(C)(C)C)c1. The molecule has 0 bridgehead atoms. The minimum absolute atomic E-state index is 0.0134. The van der Waals surface area contributed by atoms with Crippen molar-refractivity contribution in [3.8, 4) is 39.8 Å². The maximum Gasteiger partial charge on any atom is 0.269 e. The molecule has 0 N–H and O–H groups in total. The van der Waals surface area contributed by atoms with Crippen molar-refractivity contribution >= 4 is 32.8 Å². The van der Waals surface area contributed by atoms with Crippen molar-refractivity contribution in [3.63, 3.8) is 0 Å². The molecular formula is C53H51N5O. The molecule has 0 spiro atoms. The third-order valence-electron chi connectivity index (χ3n) is 11.4. The number of rotatable bonds is 6. The number of ether oxygens (including phenoxy) is 1. The molecule has 59 heavy (non-hydrogen) atoms. The third kappa shape index (κ3) is 7.18. The van der Waals surface area contributed by atoms with Crippen molar-refractivity contribution in [1.82, 2.24) is 19.1 Å². The van der Waals surface area contributed by atoms with E-state index in [2.05, 4.69) is 198 Å². The summed E-state index contributed by atoms with van der Waals surface area (Å²) >= 11 is 0. The van der Waals surface area contributed by atoms with Crippen LogP contribution in [0.15, 0.2) is 146 Å². The lowest BCUT2D eigenvalue weighted by atomic mass is 9.80. The van der Waals surface area contributed by atoms with E-state index >= 15 is 0 Å². The highest BCUT2D eigenvalue weighted by Crippen LogP contribution is 2.37. The lowest BCUT2D eigenvalue weighted by molar-refractivity contribution is -0.572. The average Bonchev–Trinajstić information content (AvgIpc) is 3.76. The number of fused-ring (bicyclic) bond motifs is 4. The quantitative estimate of drug-likeness (QED) is 0.125. The van der Waals surface area contributed by atoms with Crippen molar-refractivity contribution < 1.29 is 9.30 Å². The molecule has 0 aliphatic carbocycles. The van der Waals surface area contributed by atoms with Crippen LogP contribution in [0.4, 0.5) is 0 Å². The van der Waals surface area contributed by atoms with Crippen molar-refractivity contribution in [1.29, 1.82) is 0 Å². The summed E-state index contributed by atoms with van der Waals surface area (Å²) in [5.41, 5.74) is 12.1. The first kappa shape index (κ1) is 38.0. The standard InChI is InChI=1S/C53H51N5O/c1-51(2,3)37-23-24-55-50(29-37)58-46-18-14-13-17-44(46)45-21-20-42(31-48(45)58)59-43-30-41(32-54-33-43)57-34-56(40-27-38(52(4,5)6)26-39(28-40)53(7,8)9)49-25-36(19-22-47(49)57)35-15-11-10-12-16-35/h10-33H,1-9H3. The molecule has 0 fully saturated rings. The second-order valence-corrected chi connectivity index (χ2v) is 18.8. The molecule has 0 amide bonds. The summed E-state index contributed by atoms with van der Waals surface area (Å²) < 4.78 is 13.2. The molecule has 5 aromatic carbocycles. The molecule has 0 radical (unpaired) electrons. The molecule has 4 heterocycles. The highest BCUT2D eigenvalue weighted by Gasteiger charge is 2.23. The largest absolute Gasteiger partial charge is 0.456 e. The van der Waals surface area contributed by atoms with Crippen molar-refractivity contribution in [2.24, 2.45) is 0 Å². The Balaban J connectivity index is 1.16. The van der Waals surface area contributed by atoms with Crippen LogP contribution < -0.4 is 9.30 Å². The topological polar surface area (TPSA) is 48.8 Å². The van der Waals surface area contributed by atoms with Gasteiger partial charge in [-0.25, -0.2) is 4.98 Å². The number of hydrogen-bond acceptors (Lipinski definition) is 3. The fourth-order valence-electron chi connectivity index (χ4n) is 7.90. The Morgan fingerprint density at radius 2 is 1.24 bits per heavy atom. The molecule has 294 valence electrons. The van der Waals surface area contributed by atoms with Crippen LogP contribution in [0.25, 0.3) is 61.2 Å². The second-order valence-electron chi connectivity index (χ2n) is 18.8. The summed E-state index contributed by atoms with van der Waals surface area (Å²) in [6, 6.07) is 45.3. The Labute approximate surface area is 347 Å². The maximum absolute atomic E-state index is 6.67. The molecule has 0 aliphatic heterocycles. The van der Waals surface area contributed by atoms with Crippen LogP contribution in [-0.2, 0) is 16.2 Å². The van der Waals surface area contributed by atoms with E-state index in [1.165, 1.54) is 27.6 Å². The Morgan fingerprint density at radius 3 is 1.97 bits per heavy atom. The van der Waals surface area contributed by atoms with Gasteiger partial charge >= 0.3 is 0 Å². The predicted octanol–water partition coefficient (Wildman–Crippen LogP) is 12.9. The van der Waals surface area contributed by atoms with Gasteiger partial charge in [-0.3, -0.25) is 18.7 Å². The van der Waals surface area contributed by atoms with E-state index in [-0.39, 0.29) is 16.2 Å². The Morgan fingerprint density at radius 1 is 0.542 bits per heavy atom. The molecule has 9 aromatic rings. The normalized spacial score (nSPS) is 12.5. The molecule has 6 nitrogen and oxygen atoms in total. The average molecular weight is 774 g/mol. The van der Waals surface area contributed by atoms with Gasteiger partial charge < -0.3 is 4.74 Å². The van der Waals surface area contributed by atoms with Crippen LogP contribution in [-0.4, -0.2) is 19.1 Å². The van der Waals surface area contributed by atoms with Gasteiger partial charge in [0.25, 0.3) is 6.33 Å². The summed E-state index contributed by atoms with van der Waals surface area (Å²) in [6.45, 7) is 20.4. The van der Waals surface area contributed by atoms with E-state index in [1.807, 2.05) is 24.5 Å². The van der Waals surface area contributed by atoms with Crippen LogP contribution in [0, 0.1) is 6.33 Å². The lowest BCUT2D eigenvalue weighted by Gasteiger charge is -2.26. The molecule has 0 aliphatic rings. The first-order valence-electron chi connectivity index (χ1n) is 20.5. The van der Waals surface area contributed by atoms with Crippen LogP contribution in [0.2, 0.25) is 0 Å². The van der Waals surface area contributed by atoms with E-state index in [0.29, 0.717) is 11.5 Å². The fourth-order valence-corrected chi connectivity index (χ4v) is 7.90. The fraction of sp³-hybridized carbons (Fsp3) is 0.226. The predicted molar refractivity (Wildman–Crippen MR) is 242 cm³/mol. The van der Waals surface area contributed by atoms with Crippen LogP contribution >= 0.6 is 0 Å². The van der Waals surface area contributed by atoms with Crippen molar-refractivity contribution in [2.75, 3.05) is 0 Å². The zero-order valence-electron chi connectivity index (χ0n) is 35.5.